The molecule has 0 atom stereocenters. The van der Waals surface area contributed by atoms with Gasteiger partial charge in [-0.3, -0.25) is 4.79 Å². The van der Waals surface area contributed by atoms with Gasteiger partial charge in [-0.05, 0) is 43.4 Å². The van der Waals surface area contributed by atoms with Crippen molar-refractivity contribution in [3.63, 3.8) is 0 Å². The van der Waals surface area contributed by atoms with Gasteiger partial charge in [-0.25, -0.2) is 4.98 Å². The van der Waals surface area contributed by atoms with Crippen molar-refractivity contribution >= 4 is 16.9 Å². The van der Waals surface area contributed by atoms with Gasteiger partial charge >= 0.3 is 0 Å². The molecule has 0 aliphatic carbocycles. The summed E-state index contributed by atoms with van der Waals surface area (Å²) in [6.45, 7) is 8.00. The van der Waals surface area contributed by atoms with E-state index in [1.165, 1.54) is 5.56 Å². The minimum absolute atomic E-state index is 0.300. The Morgan fingerprint density at radius 3 is 2.77 bits per heavy atom. The van der Waals surface area contributed by atoms with Gasteiger partial charge in [0.1, 0.15) is 5.82 Å². The van der Waals surface area contributed by atoms with Gasteiger partial charge in [-0.2, -0.15) is 0 Å². The Morgan fingerprint density at radius 1 is 1.36 bits per heavy atom. The lowest BCUT2D eigenvalue weighted by atomic mass is 9.95. The van der Waals surface area contributed by atoms with Crippen LogP contribution >= 0.6 is 0 Å². The molecule has 2 heterocycles. The average Bonchev–Trinajstić information content (AvgIpc) is 2.89. The van der Waals surface area contributed by atoms with Crippen LogP contribution in [0.1, 0.15) is 50.4 Å². The maximum atomic E-state index is 12.1. The molecule has 0 radical (unpaired) electrons. The summed E-state index contributed by atoms with van der Waals surface area (Å²) in [6, 6.07) is 6.32. The molecule has 22 heavy (non-hydrogen) atoms. The minimum Gasteiger partial charge on any atom is -0.343 e. The lowest BCUT2D eigenvalue weighted by molar-refractivity contribution is -0.133. The second-order valence-corrected chi connectivity index (χ2v) is 6.90. The second-order valence-electron chi connectivity index (χ2n) is 6.90. The first-order chi connectivity index (χ1) is 10.5. The fourth-order valence-corrected chi connectivity index (χ4v) is 3.22. The average molecular weight is 299 g/mol. The standard InChI is InChI=1S/C18H25N3O/c1-12(2)10-17(22)21-8-6-14(7-9-21)18-19-15-5-4-13(3)11-16(15)20-18/h4-5,11-12,14H,6-10H2,1-3H3,(H,19,20). The van der Waals surface area contributed by atoms with Crippen LogP contribution in [0, 0.1) is 12.8 Å². The fraction of sp³-hybridized carbons (Fsp3) is 0.556. The summed E-state index contributed by atoms with van der Waals surface area (Å²) in [6.07, 6.45) is 2.67. The number of aromatic amines is 1. The third kappa shape index (κ3) is 3.16. The Balaban J connectivity index is 1.66. The van der Waals surface area contributed by atoms with Crippen molar-refractivity contribution in [2.24, 2.45) is 5.92 Å². The number of likely N-dealkylation sites (tertiary alicyclic amines) is 1. The lowest BCUT2D eigenvalue weighted by Gasteiger charge is -2.31. The molecule has 118 valence electrons. The van der Waals surface area contributed by atoms with Crippen molar-refractivity contribution in [3.8, 4) is 0 Å². The summed E-state index contributed by atoms with van der Waals surface area (Å²) in [4.78, 5) is 22.4. The molecule has 1 aromatic carbocycles. The summed E-state index contributed by atoms with van der Waals surface area (Å²) in [5, 5.41) is 0. The summed E-state index contributed by atoms with van der Waals surface area (Å²) >= 11 is 0. The number of H-pyrrole nitrogens is 1. The maximum Gasteiger partial charge on any atom is 0.222 e. The van der Waals surface area contributed by atoms with Crippen molar-refractivity contribution in [2.75, 3.05) is 13.1 Å². The fourth-order valence-electron chi connectivity index (χ4n) is 3.22. The number of aromatic nitrogens is 2. The minimum atomic E-state index is 0.300. The third-order valence-electron chi connectivity index (χ3n) is 4.47. The number of nitrogens with zero attached hydrogens (tertiary/aromatic N) is 2. The van der Waals surface area contributed by atoms with E-state index in [-0.39, 0.29) is 0 Å². The van der Waals surface area contributed by atoms with Gasteiger partial charge in [0, 0.05) is 25.4 Å². The Bertz CT molecular complexity index is 666. The van der Waals surface area contributed by atoms with Crippen LogP contribution in [0.25, 0.3) is 11.0 Å². The Hall–Kier alpha value is -1.84. The molecule has 0 unspecified atom stereocenters. The molecule has 1 amide bonds. The first kappa shape index (κ1) is 15.1. The molecular weight excluding hydrogens is 274 g/mol. The highest BCUT2D eigenvalue weighted by Crippen LogP contribution is 2.28. The first-order valence-corrected chi connectivity index (χ1v) is 8.27. The summed E-state index contributed by atoms with van der Waals surface area (Å²) in [7, 11) is 0. The number of imidazole rings is 1. The lowest BCUT2D eigenvalue weighted by Crippen LogP contribution is -2.38. The Kier molecular flexibility index (Phi) is 4.19. The van der Waals surface area contributed by atoms with E-state index in [4.69, 9.17) is 4.98 Å². The summed E-state index contributed by atoms with van der Waals surface area (Å²) in [5.74, 6) is 2.25. The Labute approximate surface area is 131 Å². The van der Waals surface area contributed by atoms with E-state index in [9.17, 15) is 4.79 Å². The van der Waals surface area contributed by atoms with Crippen LogP contribution in [0.4, 0.5) is 0 Å². The van der Waals surface area contributed by atoms with Gasteiger partial charge < -0.3 is 9.88 Å². The predicted molar refractivity (Wildman–Crippen MR) is 88.8 cm³/mol. The van der Waals surface area contributed by atoms with Crippen LogP contribution in [0.5, 0.6) is 0 Å². The number of carbonyl (C=O) groups excluding carboxylic acids is 1. The topological polar surface area (TPSA) is 49.0 Å². The van der Waals surface area contributed by atoms with Crippen molar-refractivity contribution in [2.45, 2.75) is 46.0 Å². The smallest absolute Gasteiger partial charge is 0.222 e. The highest BCUT2D eigenvalue weighted by molar-refractivity contribution is 5.77. The first-order valence-electron chi connectivity index (χ1n) is 8.27. The summed E-state index contributed by atoms with van der Waals surface area (Å²) < 4.78 is 0. The van der Waals surface area contributed by atoms with Gasteiger partial charge in [-0.1, -0.05) is 19.9 Å². The van der Waals surface area contributed by atoms with Crippen molar-refractivity contribution in [1.29, 1.82) is 0 Å². The molecular formula is C18H25N3O. The normalized spacial score (nSPS) is 16.6. The highest BCUT2D eigenvalue weighted by Gasteiger charge is 2.25. The molecule has 1 aliphatic heterocycles. The SMILES string of the molecule is Cc1ccc2nc(C3CCN(C(=O)CC(C)C)CC3)[nH]c2c1. The largest absolute Gasteiger partial charge is 0.343 e. The van der Waals surface area contributed by atoms with E-state index in [0.717, 1.165) is 42.8 Å². The van der Waals surface area contributed by atoms with Gasteiger partial charge in [0.2, 0.25) is 5.91 Å². The number of amides is 1. The van der Waals surface area contributed by atoms with Gasteiger partial charge in [0.25, 0.3) is 0 Å². The van der Waals surface area contributed by atoms with Gasteiger partial charge in [-0.15, -0.1) is 0 Å². The maximum absolute atomic E-state index is 12.1. The van der Waals surface area contributed by atoms with Crippen LogP contribution < -0.4 is 0 Å². The molecule has 4 heteroatoms. The van der Waals surface area contributed by atoms with Crippen molar-refractivity contribution < 1.29 is 4.79 Å². The molecule has 1 aromatic heterocycles. The van der Waals surface area contributed by atoms with E-state index >= 15 is 0 Å². The number of rotatable bonds is 3. The van der Waals surface area contributed by atoms with Crippen LogP contribution in [0.2, 0.25) is 0 Å². The zero-order valence-corrected chi connectivity index (χ0v) is 13.7. The van der Waals surface area contributed by atoms with Crippen molar-refractivity contribution in [3.05, 3.63) is 29.6 Å². The predicted octanol–water partition coefficient (Wildman–Crippen LogP) is 3.62. The zero-order chi connectivity index (χ0) is 15.7. The van der Waals surface area contributed by atoms with Crippen LogP contribution in [0.15, 0.2) is 18.2 Å². The van der Waals surface area contributed by atoms with Crippen molar-refractivity contribution in [1.82, 2.24) is 14.9 Å². The second kappa shape index (κ2) is 6.11. The molecule has 1 N–H and O–H groups in total. The number of nitrogens with one attached hydrogen (secondary N) is 1. The number of aryl methyl sites for hydroxylation is 1. The third-order valence-corrected chi connectivity index (χ3v) is 4.47. The highest BCUT2D eigenvalue weighted by atomic mass is 16.2. The van der Waals surface area contributed by atoms with Crippen LogP contribution in [0.3, 0.4) is 0 Å². The van der Waals surface area contributed by atoms with Gasteiger partial charge in [0.15, 0.2) is 0 Å². The van der Waals surface area contributed by atoms with E-state index < -0.39 is 0 Å². The molecule has 0 bridgehead atoms. The summed E-state index contributed by atoms with van der Waals surface area (Å²) in [5.41, 5.74) is 3.41. The zero-order valence-electron chi connectivity index (χ0n) is 13.7. The molecule has 1 aliphatic rings. The number of benzene rings is 1. The molecule has 1 fully saturated rings. The van der Waals surface area contributed by atoms with Gasteiger partial charge in [0.05, 0.1) is 11.0 Å². The van der Waals surface area contributed by atoms with Crippen LogP contribution in [-0.2, 0) is 4.79 Å². The number of hydrogen-bond acceptors (Lipinski definition) is 2. The van der Waals surface area contributed by atoms with Crippen LogP contribution in [-0.4, -0.2) is 33.9 Å². The van der Waals surface area contributed by atoms with E-state index in [0.29, 0.717) is 24.2 Å². The molecule has 3 rings (SSSR count). The molecule has 4 nitrogen and oxygen atoms in total. The Morgan fingerprint density at radius 2 is 2.09 bits per heavy atom. The molecule has 1 saturated heterocycles. The quantitative estimate of drug-likeness (QED) is 0.941. The number of carbonyl (C=O) groups is 1. The monoisotopic (exact) mass is 299 g/mol. The molecule has 0 saturated carbocycles. The number of hydrogen-bond donors (Lipinski definition) is 1. The number of fused-ring (bicyclic) bond motifs is 1. The van der Waals surface area contributed by atoms with E-state index in [1.54, 1.807) is 0 Å². The molecule has 2 aromatic rings. The van der Waals surface area contributed by atoms with E-state index in [1.807, 2.05) is 4.90 Å². The van der Waals surface area contributed by atoms with E-state index in [2.05, 4.69) is 44.0 Å². The number of piperidine rings is 1. The molecule has 0 spiro atoms.